The molecule has 1 aromatic carbocycles. The van der Waals surface area contributed by atoms with E-state index in [1.807, 2.05) is 0 Å². The van der Waals surface area contributed by atoms with Crippen LogP contribution >= 0.6 is 21.6 Å². The Morgan fingerprint density at radius 3 is 1.90 bits per heavy atom. The Labute approximate surface area is 645 Å². The summed E-state index contributed by atoms with van der Waals surface area (Å²) in [5, 5.41) is 68.2. The molecule has 614 valence electrons. The van der Waals surface area contributed by atoms with Gasteiger partial charge in [-0.05, 0) is 103 Å². The van der Waals surface area contributed by atoms with Crippen molar-refractivity contribution in [3.8, 4) is 0 Å². The van der Waals surface area contributed by atoms with Crippen molar-refractivity contribution in [1.82, 2.24) is 79.3 Å². The smallest absolute Gasteiger partial charge is 0.245 e. The number of Topliss-reactive ketones (excluding diaryl/α,β-unsaturated/α-hetero) is 2. The quantitative estimate of drug-likeness (QED) is 0.0160. The maximum atomic E-state index is 14.7. The molecule has 3 fully saturated rings. The molecule has 27 N–H and O–H groups in total. The second-order valence-corrected chi connectivity index (χ2v) is 29.4. The second kappa shape index (κ2) is 49.2. The van der Waals surface area contributed by atoms with Crippen LogP contribution in [0.5, 0.6) is 0 Å². The van der Waals surface area contributed by atoms with Crippen molar-refractivity contribution in [2.24, 2.45) is 39.6 Å². The predicted octanol–water partition coefficient (Wildman–Crippen LogP) is -9.23. The van der Waals surface area contributed by atoms with Crippen molar-refractivity contribution in [3.05, 3.63) is 35.9 Å². The fourth-order valence-corrected chi connectivity index (χ4v) is 14.1. The van der Waals surface area contributed by atoms with Gasteiger partial charge in [0.2, 0.25) is 82.7 Å². The number of unbranched alkanes of at least 4 members (excludes halogenated alkanes) is 1. The third-order valence-electron chi connectivity index (χ3n) is 18.2. The number of guanidine groups is 1. The lowest BCUT2D eigenvalue weighted by Gasteiger charge is -2.31. The van der Waals surface area contributed by atoms with Gasteiger partial charge in [-0.25, -0.2) is 0 Å². The first-order valence-corrected chi connectivity index (χ1v) is 39.2. The van der Waals surface area contributed by atoms with Gasteiger partial charge in [-0.2, -0.15) is 0 Å². The summed E-state index contributed by atoms with van der Waals surface area (Å²) in [7, 11) is 1.62. The number of nitrogens with zero attached hydrogens (tertiary/aromatic N) is 2. The van der Waals surface area contributed by atoms with Crippen molar-refractivity contribution in [3.63, 3.8) is 0 Å². The average Bonchev–Trinajstić information content (AvgIpc) is 1.64. The lowest BCUT2D eigenvalue weighted by Crippen LogP contribution is -2.61. The first-order chi connectivity index (χ1) is 52.4. The van der Waals surface area contributed by atoms with Gasteiger partial charge >= 0.3 is 0 Å². The van der Waals surface area contributed by atoms with Crippen LogP contribution in [-0.4, -0.2) is 282 Å². The summed E-state index contributed by atoms with van der Waals surface area (Å²) < 4.78 is 0. The Kier molecular flexibility index (Phi) is 41.7. The predicted molar refractivity (Wildman–Crippen MR) is 404 cm³/mol. The summed E-state index contributed by atoms with van der Waals surface area (Å²) in [6, 6.07) is -9.77. The number of hydrogen-bond acceptors (Lipinski definition) is 26. The minimum Gasteiger partial charge on any atom is -0.394 e. The van der Waals surface area contributed by atoms with E-state index in [4.69, 9.17) is 28.7 Å². The Morgan fingerprint density at radius 1 is 0.627 bits per heavy atom. The van der Waals surface area contributed by atoms with Crippen LogP contribution in [0.25, 0.3) is 0 Å². The van der Waals surface area contributed by atoms with Crippen LogP contribution in [0.15, 0.2) is 35.3 Å². The molecule has 42 heteroatoms. The molecule has 3 aliphatic rings. The topological polar surface area (TPSA) is 648 Å². The van der Waals surface area contributed by atoms with E-state index < -0.39 is 230 Å². The van der Waals surface area contributed by atoms with Gasteiger partial charge in [0, 0.05) is 44.0 Å². The number of rotatable bonds is 28. The Balaban J connectivity index is 1.70. The number of ketones is 2. The summed E-state index contributed by atoms with van der Waals surface area (Å²) in [5.74, 6) is -15.9. The number of carbonyl (C=O) groups is 16. The SMILES string of the molecule is CC[C@H](C)[C@@H]1NC(=O)[C@H](CCCCN)NC(=O)[C@H](CO)NC(=O)[C@@H](NCC(=O)[C@@H](NC(=O)[C@@H]2CSSC[C@H](NC(=O)CNC(=O)CN)C(=O)N[C@@H](CCCN=C(N)N)C(=O)N[C@@H](Cc3ccccc3)C(=O)NCC(=O)N[C@@H]([C@@H](C)O)C(=O)N2)[C@@H](C)O)CCC(=O)NCCCC[C@@H](C(=O)N2CCC[C@H]2C(=O)CN)NC1=O. The van der Waals surface area contributed by atoms with Crippen LogP contribution in [0.2, 0.25) is 0 Å². The minimum atomic E-state index is -1.90. The normalized spacial score (nSPS) is 25.1. The van der Waals surface area contributed by atoms with Gasteiger partial charge in [0.1, 0.15) is 60.4 Å². The Hall–Kier alpha value is -9.17. The largest absolute Gasteiger partial charge is 0.394 e. The summed E-state index contributed by atoms with van der Waals surface area (Å²) in [4.78, 5) is 229. The lowest BCUT2D eigenvalue weighted by molar-refractivity contribution is -0.141. The number of hydrogen-bond donors (Lipinski definition) is 22. The molecule has 14 amide bonds. The van der Waals surface area contributed by atoms with Crippen LogP contribution < -0.4 is 103 Å². The number of benzene rings is 1. The summed E-state index contributed by atoms with van der Waals surface area (Å²) in [6.07, 6.45) is -2.27. The minimum absolute atomic E-state index is 0.0108. The molecule has 0 aliphatic carbocycles. The molecule has 15 atom stereocenters. The zero-order valence-electron chi connectivity index (χ0n) is 62.4. The Bertz CT molecular complexity index is 3340. The number of aliphatic imine (C=N–C) groups is 1. The van der Waals surface area contributed by atoms with E-state index in [1.165, 1.54) is 4.90 Å². The van der Waals surface area contributed by atoms with Crippen molar-refractivity contribution in [2.45, 2.75) is 202 Å². The van der Waals surface area contributed by atoms with Crippen LogP contribution in [0.3, 0.4) is 0 Å². The summed E-state index contributed by atoms with van der Waals surface area (Å²) in [5.41, 5.74) is 28.5. The highest BCUT2D eigenvalue weighted by Gasteiger charge is 2.41. The third kappa shape index (κ3) is 32.0. The van der Waals surface area contributed by atoms with Gasteiger partial charge in [-0.3, -0.25) is 87.0 Å². The molecular formula is C68H111N21O19S2. The zero-order chi connectivity index (χ0) is 81.6. The number of amides is 14. The number of nitrogens with one attached hydrogen (secondary N) is 14. The van der Waals surface area contributed by atoms with Crippen LogP contribution in [-0.2, 0) is 83.1 Å². The van der Waals surface area contributed by atoms with Crippen molar-refractivity contribution < 1.29 is 92.0 Å². The van der Waals surface area contributed by atoms with Gasteiger partial charge in [0.25, 0.3) is 0 Å². The van der Waals surface area contributed by atoms with Crippen LogP contribution in [0.1, 0.15) is 117 Å². The monoisotopic (exact) mass is 1590 g/mol. The van der Waals surface area contributed by atoms with Crippen molar-refractivity contribution in [2.75, 3.05) is 77.0 Å². The molecule has 0 aromatic heterocycles. The van der Waals surface area contributed by atoms with Crippen molar-refractivity contribution >= 4 is 122 Å². The van der Waals surface area contributed by atoms with Gasteiger partial charge in [-0.1, -0.05) is 72.2 Å². The van der Waals surface area contributed by atoms with Crippen molar-refractivity contribution in [1.29, 1.82) is 0 Å². The summed E-state index contributed by atoms with van der Waals surface area (Å²) >= 11 is 0. The second-order valence-electron chi connectivity index (χ2n) is 26.9. The number of likely N-dealkylation sites (tertiary alicyclic amines) is 1. The molecule has 110 heavy (non-hydrogen) atoms. The highest BCUT2D eigenvalue weighted by Crippen LogP contribution is 2.25. The Morgan fingerprint density at radius 2 is 1.25 bits per heavy atom. The van der Waals surface area contributed by atoms with Gasteiger partial charge in [-0.15, -0.1) is 0 Å². The molecule has 40 nitrogen and oxygen atoms in total. The first kappa shape index (κ1) is 93.2. The standard InChI is InChI=1S/C68H111N21O19S2/c1-5-36(2)55-65(106)82-43(67(108)89-26-14-20-48(89)49(93)28-70)18-10-12-24-74-51(95)22-21-40(59(100)84-45(33-90)62(103)80-41(61(102)87-55)17-9-11-23-69)76-30-50(94)56(37(3)91)88-64(105)47-35-110-109-34-46(79-53(97)31-77-52(96)29-71)63(104)81-42(19-13-25-75-68(72)73)60(101)83-44(27-39-15-7-6-8-16-39)58(99)78-32-54(98)86-57(38(4)92)66(107)85-47/h6-8,15-16,36-38,40-48,55-57,76,90-92H,5,9-14,17-35,69-71H2,1-4H3,(H,74,95)(H,77,96)(H,78,99)(H,79,97)(H,80,103)(H,81,104)(H,82,106)(H,83,101)(H,84,100)(H,85,107)(H,86,98)(H,87,102)(H,88,105)(H4,72,73,75)/t36-,37+,38+,40-,41-,42-,43-,44-,45-,46-,47-,48-,55-,56-,57-/m0/s1. The molecule has 1 aromatic rings. The third-order valence-corrected chi connectivity index (χ3v) is 20.7. The van der Waals surface area contributed by atoms with E-state index in [9.17, 15) is 92.0 Å². The highest BCUT2D eigenvalue weighted by molar-refractivity contribution is 8.76. The van der Waals surface area contributed by atoms with E-state index in [2.05, 4.69) is 79.4 Å². The summed E-state index contributed by atoms with van der Waals surface area (Å²) in [6.45, 7) is 1.78. The van der Waals surface area contributed by atoms with Crippen LogP contribution in [0, 0.1) is 5.92 Å². The fraction of sp³-hybridized carbons (Fsp3) is 0.662. The van der Waals surface area contributed by atoms with E-state index in [-0.39, 0.29) is 102 Å². The molecule has 0 bridgehead atoms. The van der Waals surface area contributed by atoms with Crippen LogP contribution in [0.4, 0.5) is 0 Å². The fourth-order valence-electron chi connectivity index (χ4n) is 11.8. The first-order valence-electron chi connectivity index (χ1n) is 36.7. The van der Waals surface area contributed by atoms with E-state index >= 15 is 0 Å². The molecule has 0 radical (unpaired) electrons. The number of nitrogens with two attached hydrogens (primary N) is 5. The molecule has 0 unspecified atom stereocenters. The maximum absolute atomic E-state index is 14.7. The van der Waals surface area contributed by atoms with Gasteiger partial charge in [0.05, 0.1) is 63.6 Å². The molecule has 3 aliphatic heterocycles. The van der Waals surface area contributed by atoms with Gasteiger partial charge < -0.3 is 118 Å². The molecule has 3 saturated heterocycles. The molecule has 0 spiro atoms. The lowest BCUT2D eigenvalue weighted by atomic mass is 9.96. The van der Waals surface area contributed by atoms with E-state index in [0.717, 1.165) is 35.4 Å². The number of aliphatic hydroxyl groups excluding tert-OH is 3. The number of carbonyl (C=O) groups excluding carboxylic acids is 16. The number of aliphatic hydroxyl groups is 3. The highest BCUT2D eigenvalue weighted by atomic mass is 33.1. The molecular weight excluding hydrogens is 1480 g/mol. The maximum Gasteiger partial charge on any atom is 0.245 e. The van der Waals surface area contributed by atoms with E-state index in [1.54, 1.807) is 44.2 Å². The average molecular weight is 1590 g/mol. The molecule has 0 saturated carbocycles. The zero-order valence-corrected chi connectivity index (χ0v) is 64.0. The molecule has 4 rings (SSSR count). The van der Waals surface area contributed by atoms with Gasteiger partial charge in [0.15, 0.2) is 17.5 Å². The molecule has 3 heterocycles. The van der Waals surface area contributed by atoms with E-state index in [0.29, 0.717) is 31.2 Å².